The summed E-state index contributed by atoms with van der Waals surface area (Å²) in [6, 6.07) is 19.6. The molecule has 0 saturated carbocycles. The van der Waals surface area contributed by atoms with Crippen molar-refractivity contribution in [3.63, 3.8) is 0 Å². The lowest BCUT2D eigenvalue weighted by atomic mass is 9.99. The molecular weight excluding hydrogens is 348 g/mol. The van der Waals surface area contributed by atoms with Crippen LogP contribution in [0, 0.1) is 0 Å². The highest BCUT2D eigenvalue weighted by Crippen LogP contribution is 2.22. The van der Waals surface area contributed by atoms with Gasteiger partial charge in [-0.05, 0) is 17.5 Å². The van der Waals surface area contributed by atoms with Crippen molar-refractivity contribution in [3.8, 4) is 0 Å². The van der Waals surface area contributed by atoms with E-state index < -0.39 is 9.84 Å². The van der Waals surface area contributed by atoms with E-state index in [4.69, 9.17) is 0 Å². The molecule has 0 spiro atoms. The van der Waals surface area contributed by atoms with Gasteiger partial charge >= 0.3 is 0 Å². The number of sulfone groups is 1. The van der Waals surface area contributed by atoms with E-state index in [9.17, 15) is 13.2 Å². The zero-order valence-corrected chi connectivity index (χ0v) is 15.7. The van der Waals surface area contributed by atoms with Gasteiger partial charge in [0.15, 0.2) is 9.84 Å². The van der Waals surface area contributed by atoms with Gasteiger partial charge < -0.3 is 4.90 Å². The van der Waals surface area contributed by atoms with Gasteiger partial charge in [-0.1, -0.05) is 60.7 Å². The molecule has 2 aromatic carbocycles. The fourth-order valence-electron chi connectivity index (χ4n) is 3.32. The van der Waals surface area contributed by atoms with Crippen LogP contribution >= 0.6 is 0 Å². The first-order valence-corrected chi connectivity index (χ1v) is 10.6. The summed E-state index contributed by atoms with van der Waals surface area (Å²) in [5.41, 5.74) is 2.16. The number of rotatable bonds is 6. The Labute approximate surface area is 154 Å². The first-order chi connectivity index (χ1) is 12.5. The molecule has 2 aromatic rings. The lowest BCUT2D eigenvalue weighted by molar-refractivity contribution is -0.130. The minimum atomic E-state index is -3.01. The van der Waals surface area contributed by atoms with E-state index >= 15 is 0 Å². The number of carbonyl (C=O) groups excluding carboxylic acids is 1. The van der Waals surface area contributed by atoms with E-state index in [0.29, 0.717) is 6.42 Å². The van der Waals surface area contributed by atoms with E-state index in [1.165, 1.54) is 0 Å². The zero-order valence-electron chi connectivity index (χ0n) is 14.8. The average Bonchev–Trinajstić information content (AvgIpc) is 3.02. The Morgan fingerprint density at radius 1 is 1.08 bits per heavy atom. The Morgan fingerprint density at radius 3 is 2.08 bits per heavy atom. The molecule has 1 aliphatic rings. The van der Waals surface area contributed by atoms with Crippen LogP contribution in [-0.4, -0.2) is 50.4 Å². The van der Waals surface area contributed by atoms with Crippen LogP contribution in [0.1, 0.15) is 23.6 Å². The first-order valence-electron chi connectivity index (χ1n) is 8.75. The van der Waals surface area contributed by atoms with Crippen molar-refractivity contribution in [3.05, 3.63) is 71.8 Å². The Bertz CT molecular complexity index is 798. The van der Waals surface area contributed by atoms with Gasteiger partial charge in [-0.2, -0.15) is 0 Å². The molecule has 6 heteroatoms. The highest BCUT2D eigenvalue weighted by molar-refractivity contribution is 7.91. The standard InChI is InChI=1S/C20H24N2O3S/c1-22(18-12-13-26(24,25)15-18)19(23)14-21-20(16-8-4-2-5-9-16)17-10-6-3-7-11-17/h2-11,18,20-21H,12-15H2,1H3/t18-/m0/s1. The number of nitrogens with one attached hydrogen (secondary N) is 1. The molecule has 0 unspecified atom stereocenters. The monoisotopic (exact) mass is 372 g/mol. The predicted molar refractivity (Wildman–Crippen MR) is 103 cm³/mol. The first kappa shape index (κ1) is 18.6. The van der Waals surface area contributed by atoms with E-state index in [1.54, 1.807) is 11.9 Å². The maximum Gasteiger partial charge on any atom is 0.236 e. The van der Waals surface area contributed by atoms with E-state index in [0.717, 1.165) is 11.1 Å². The van der Waals surface area contributed by atoms with Gasteiger partial charge in [0.25, 0.3) is 0 Å². The normalized spacial score (nSPS) is 18.8. The minimum Gasteiger partial charge on any atom is -0.341 e. The molecule has 0 radical (unpaired) electrons. The predicted octanol–water partition coefficient (Wildman–Crippen LogP) is 2.01. The van der Waals surface area contributed by atoms with Gasteiger partial charge in [0.2, 0.25) is 5.91 Å². The summed E-state index contributed by atoms with van der Waals surface area (Å²) in [6.45, 7) is 0.154. The number of amides is 1. The third-order valence-electron chi connectivity index (χ3n) is 4.87. The molecule has 5 nitrogen and oxygen atoms in total. The van der Waals surface area contributed by atoms with Crippen LogP contribution in [0.25, 0.3) is 0 Å². The maximum atomic E-state index is 12.6. The quantitative estimate of drug-likeness (QED) is 0.842. The molecule has 1 heterocycles. The summed E-state index contributed by atoms with van der Waals surface area (Å²) in [6.07, 6.45) is 0.519. The Morgan fingerprint density at radius 2 is 1.62 bits per heavy atom. The molecule has 1 atom stereocenters. The summed E-state index contributed by atoms with van der Waals surface area (Å²) in [5.74, 6) is 0.138. The van der Waals surface area contributed by atoms with Gasteiger partial charge in [-0.15, -0.1) is 0 Å². The summed E-state index contributed by atoms with van der Waals surface area (Å²) >= 11 is 0. The van der Waals surface area contributed by atoms with Crippen LogP contribution < -0.4 is 5.32 Å². The summed E-state index contributed by atoms with van der Waals surface area (Å²) < 4.78 is 23.3. The molecule has 1 fully saturated rings. The lowest BCUT2D eigenvalue weighted by Gasteiger charge is -2.26. The van der Waals surface area contributed by atoms with Crippen molar-refractivity contribution in [1.29, 1.82) is 0 Å². The third kappa shape index (κ3) is 4.51. The second-order valence-electron chi connectivity index (χ2n) is 6.70. The molecule has 3 rings (SSSR count). The van der Waals surface area contributed by atoms with Crippen LogP contribution in [0.15, 0.2) is 60.7 Å². The van der Waals surface area contributed by atoms with Crippen molar-refractivity contribution in [2.75, 3.05) is 25.1 Å². The van der Waals surface area contributed by atoms with Gasteiger partial charge in [-0.3, -0.25) is 10.1 Å². The van der Waals surface area contributed by atoms with Gasteiger partial charge in [-0.25, -0.2) is 8.42 Å². The summed E-state index contributed by atoms with van der Waals surface area (Å²) in [5, 5.41) is 3.34. The van der Waals surface area contributed by atoms with Crippen LogP contribution in [0.3, 0.4) is 0 Å². The smallest absolute Gasteiger partial charge is 0.236 e. The largest absolute Gasteiger partial charge is 0.341 e. The molecule has 138 valence electrons. The van der Waals surface area contributed by atoms with Crippen molar-refractivity contribution in [2.24, 2.45) is 0 Å². The van der Waals surface area contributed by atoms with Crippen molar-refractivity contribution in [1.82, 2.24) is 10.2 Å². The summed E-state index contributed by atoms with van der Waals surface area (Å²) in [4.78, 5) is 14.2. The maximum absolute atomic E-state index is 12.6. The van der Waals surface area contributed by atoms with E-state index in [-0.39, 0.29) is 36.0 Å². The molecule has 26 heavy (non-hydrogen) atoms. The number of carbonyl (C=O) groups is 1. The van der Waals surface area contributed by atoms with Crippen LogP contribution in [-0.2, 0) is 14.6 Å². The number of likely N-dealkylation sites (N-methyl/N-ethyl adjacent to an activating group) is 1. The SMILES string of the molecule is CN(C(=O)CNC(c1ccccc1)c1ccccc1)[C@H]1CCS(=O)(=O)C1. The van der Waals surface area contributed by atoms with Crippen molar-refractivity contribution < 1.29 is 13.2 Å². The number of benzene rings is 2. The van der Waals surface area contributed by atoms with Crippen LogP contribution in [0.2, 0.25) is 0 Å². The zero-order chi connectivity index (χ0) is 18.6. The number of nitrogens with zero attached hydrogens (tertiary/aromatic N) is 1. The molecule has 1 amide bonds. The number of hydrogen-bond donors (Lipinski definition) is 1. The molecule has 0 aromatic heterocycles. The highest BCUT2D eigenvalue weighted by Gasteiger charge is 2.32. The van der Waals surface area contributed by atoms with Crippen molar-refractivity contribution in [2.45, 2.75) is 18.5 Å². The molecule has 0 aliphatic carbocycles. The Hall–Kier alpha value is -2.18. The summed E-state index contributed by atoms with van der Waals surface area (Å²) in [7, 11) is -1.32. The van der Waals surface area contributed by atoms with Gasteiger partial charge in [0.1, 0.15) is 0 Å². The Kier molecular flexibility index (Phi) is 5.74. The highest BCUT2D eigenvalue weighted by atomic mass is 32.2. The van der Waals surface area contributed by atoms with E-state index in [2.05, 4.69) is 5.32 Å². The number of hydrogen-bond acceptors (Lipinski definition) is 4. The molecule has 1 saturated heterocycles. The molecule has 1 aliphatic heterocycles. The fourth-order valence-corrected chi connectivity index (χ4v) is 5.09. The molecular formula is C20H24N2O3S. The molecule has 1 N–H and O–H groups in total. The third-order valence-corrected chi connectivity index (χ3v) is 6.62. The van der Waals surface area contributed by atoms with Gasteiger partial charge in [0, 0.05) is 13.1 Å². The van der Waals surface area contributed by atoms with Crippen LogP contribution in [0.5, 0.6) is 0 Å². The lowest BCUT2D eigenvalue weighted by Crippen LogP contribution is -2.43. The Balaban J connectivity index is 1.69. The van der Waals surface area contributed by atoms with Gasteiger partial charge in [0.05, 0.1) is 24.1 Å². The second-order valence-corrected chi connectivity index (χ2v) is 8.93. The fraction of sp³-hybridized carbons (Fsp3) is 0.350. The minimum absolute atomic E-state index is 0.0655. The van der Waals surface area contributed by atoms with Crippen molar-refractivity contribution >= 4 is 15.7 Å². The topological polar surface area (TPSA) is 66.5 Å². The second kappa shape index (κ2) is 8.01. The average molecular weight is 372 g/mol. The molecule has 0 bridgehead atoms. The van der Waals surface area contributed by atoms with E-state index in [1.807, 2.05) is 60.7 Å². The van der Waals surface area contributed by atoms with Crippen LogP contribution in [0.4, 0.5) is 0 Å².